The summed E-state index contributed by atoms with van der Waals surface area (Å²) in [7, 11) is 0. The number of aromatic nitrogens is 3. The maximum absolute atomic E-state index is 14.7. The number of aliphatic hydroxyl groups is 1. The summed E-state index contributed by atoms with van der Waals surface area (Å²) in [6.45, 7) is 1.93. The first-order valence-electron chi connectivity index (χ1n) is 11.4. The van der Waals surface area contributed by atoms with E-state index in [-0.39, 0.29) is 17.4 Å². The smallest absolute Gasteiger partial charge is 0.137 e. The van der Waals surface area contributed by atoms with E-state index in [4.69, 9.17) is 11.6 Å². The summed E-state index contributed by atoms with van der Waals surface area (Å²) in [6.07, 6.45) is 11.4. The number of thioether (sulfide) groups is 1. The van der Waals surface area contributed by atoms with E-state index in [2.05, 4.69) is 22.2 Å². The van der Waals surface area contributed by atoms with Crippen molar-refractivity contribution in [3.05, 3.63) is 89.0 Å². The summed E-state index contributed by atoms with van der Waals surface area (Å²) in [5, 5.41) is 16.5. The van der Waals surface area contributed by atoms with Crippen LogP contribution in [0.5, 0.6) is 0 Å². The van der Waals surface area contributed by atoms with Crippen LogP contribution in [0.15, 0.2) is 61.2 Å². The van der Waals surface area contributed by atoms with E-state index in [9.17, 15) is 13.9 Å². The molecule has 1 aliphatic rings. The molecule has 180 valence electrons. The van der Waals surface area contributed by atoms with Gasteiger partial charge in [0.25, 0.3) is 0 Å². The van der Waals surface area contributed by atoms with Gasteiger partial charge in [0.15, 0.2) is 0 Å². The van der Waals surface area contributed by atoms with Crippen LogP contribution >= 0.6 is 23.4 Å². The Kier molecular flexibility index (Phi) is 8.06. The second-order valence-corrected chi connectivity index (χ2v) is 10.9. The van der Waals surface area contributed by atoms with Gasteiger partial charge < -0.3 is 5.11 Å². The van der Waals surface area contributed by atoms with Gasteiger partial charge in [0.2, 0.25) is 0 Å². The minimum absolute atomic E-state index is 0.0306. The van der Waals surface area contributed by atoms with Crippen LogP contribution in [-0.2, 0) is 12.1 Å². The van der Waals surface area contributed by atoms with Gasteiger partial charge in [-0.05, 0) is 55.4 Å². The Labute approximate surface area is 208 Å². The molecule has 0 bridgehead atoms. The number of halogens is 3. The van der Waals surface area contributed by atoms with Crippen LogP contribution in [0.25, 0.3) is 6.08 Å². The summed E-state index contributed by atoms with van der Waals surface area (Å²) < 4.78 is 29.8. The van der Waals surface area contributed by atoms with Crippen LogP contribution in [0.1, 0.15) is 43.7 Å². The first-order valence-corrected chi connectivity index (χ1v) is 12.7. The predicted molar refractivity (Wildman–Crippen MR) is 134 cm³/mol. The Hall–Kier alpha value is -2.22. The molecule has 1 saturated carbocycles. The molecule has 2 unspecified atom stereocenters. The molecule has 0 radical (unpaired) electrons. The van der Waals surface area contributed by atoms with Crippen LogP contribution in [-0.4, -0.2) is 30.4 Å². The van der Waals surface area contributed by atoms with Gasteiger partial charge in [-0.25, -0.2) is 18.4 Å². The summed E-state index contributed by atoms with van der Waals surface area (Å²) in [4.78, 5) is 3.93. The molecule has 1 aromatic heterocycles. The molecule has 34 heavy (non-hydrogen) atoms. The van der Waals surface area contributed by atoms with Crippen molar-refractivity contribution in [2.24, 2.45) is 5.92 Å². The fourth-order valence-corrected chi connectivity index (χ4v) is 6.15. The number of rotatable bonds is 8. The second-order valence-electron chi connectivity index (χ2n) is 8.87. The lowest BCUT2D eigenvalue weighted by Crippen LogP contribution is -2.42. The Morgan fingerprint density at radius 2 is 1.91 bits per heavy atom. The Balaban J connectivity index is 1.41. The normalized spacial score (nSPS) is 21.4. The molecule has 1 N–H and O–H groups in total. The van der Waals surface area contributed by atoms with E-state index in [0.717, 1.165) is 42.3 Å². The highest BCUT2D eigenvalue weighted by atomic mass is 35.5. The third kappa shape index (κ3) is 6.06. The van der Waals surface area contributed by atoms with E-state index in [1.807, 2.05) is 31.2 Å². The molecule has 8 heteroatoms. The van der Waals surface area contributed by atoms with Crippen molar-refractivity contribution in [1.29, 1.82) is 0 Å². The Bertz CT molecular complexity index is 1100. The molecule has 0 saturated heterocycles. The molecule has 3 aromatic rings. The standard InChI is InChI=1S/C26H28ClF2N3OS/c1-18(26(33,15-32-17-30-16-31-32)24-13-10-22(28)14-25(24)29)34-23-11-6-20(7-12-23)3-2-19-4-8-21(27)9-5-19/h2-5,8-10,13-14,16-18,20,23,33H,6-7,11-12,15H2,1H3/b3-2+. The quantitative estimate of drug-likeness (QED) is 0.381. The largest absolute Gasteiger partial charge is 0.382 e. The van der Waals surface area contributed by atoms with E-state index in [1.54, 1.807) is 11.8 Å². The molecule has 1 aliphatic carbocycles. The minimum atomic E-state index is -1.57. The molecular weight excluding hydrogens is 476 g/mol. The van der Waals surface area contributed by atoms with Crippen molar-refractivity contribution in [1.82, 2.24) is 14.8 Å². The topological polar surface area (TPSA) is 50.9 Å². The highest BCUT2D eigenvalue weighted by Crippen LogP contribution is 2.42. The third-order valence-corrected chi connectivity index (χ3v) is 8.39. The van der Waals surface area contributed by atoms with Crippen molar-refractivity contribution in [3.63, 3.8) is 0 Å². The molecule has 2 aromatic carbocycles. The predicted octanol–water partition coefficient (Wildman–Crippen LogP) is 6.49. The van der Waals surface area contributed by atoms with Gasteiger partial charge >= 0.3 is 0 Å². The van der Waals surface area contributed by atoms with Crippen LogP contribution in [0.2, 0.25) is 5.02 Å². The van der Waals surface area contributed by atoms with Crippen molar-refractivity contribution in [2.75, 3.05) is 0 Å². The van der Waals surface area contributed by atoms with Crippen molar-refractivity contribution >= 4 is 29.4 Å². The number of nitrogens with zero attached hydrogens (tertiary/aromatic N) is 3. The summed E-state index contributed by atoms with van der Waals surface area (Å²) >= 11 is 7.62. The molecule has 1 fully saturated rings. The van der Waals surface area contributed by atoms with Crippen LogP contribution in [0.3, 0.4) is 0 Å². The number of allylic oxidation sites excluding steroid dienone is 1. The molecule has 1 heterocycles. The summed E-state index contributed by atoms with van der Waals surface area (Å²) in [5.74, 6) is -0.924. The van der Waals surface area contributed by atoms with E-state index in [1.165, 1.54) is 29.5 Å². The van der Waals surface area contributed by atoms with Gasteiger partial charge in [0.1, 0.15) is 29.9 Å². The van der Waals surface area contributed by atoms with Crippen molar-refractivity contribution in [2.45, 2.75) is 55.3 Å². The van der Waals surface area contributed by atoms with E-state index in [0.29, 0.717) is 11.2 Å². The number of hydrogen-bond donors (Lipinski definition) is 1. The third-order valence-electron chi connectivity index (χ3n) is 6.49. The fourth-order valence-electron chi connectivity index (χ4n) is 4.47. The van der Waals surface area contributed by atoms with E-state index >= 15 is 0 Å². The first-order chi connectivity index (χ1) is 16.3. The molecule has 4 nitrogen and oxygen atoms in total. The zero-order valence-corrected chi connectivity index (χ0v) is 20.5. The van der Waals surface area contributed by atoms with Crippen molar-refractivity contribution < 1.29 is 13.9 Å². The maximum atomic E-state index is 14.7. The molecule has 0 spiro atoms. The zero-order valence-electron chi connectivity index (χ0n) is 18.9. The van der Waals surface area contributed by atoms with Gasteiger partial charge in [-0.15, -0.1) is 0 Å². The van der Waals surface area contributed by atoms with Gasteiger partial charge in [-0.1, -0.05) is 48.9 Å². The average molecular weight is 504 g/mol. The SMILES string of the molecule is CC(SC1CCC(/C=C/c2ccc(Cl)cc2)CC1)C(O)(Cn1cncn1)c1ccc(F)cc1F. The highest BCUT2D eigenvalue weighted by molar-refractivity contribution is 8.00. The second kappa shape index (κ2) is 11.0. The lowest BCUT2D eigenvalue weighted by molar-refractivity contribution is 0.0131. The fraction of sp³-hybridized carbons (Fsp3) is 0.385. The average Bonchev–Trinajstić information content (AvgIpc) is 3.32. The summed E-state index contributed by atoms with van der Waals surface area (Å²) in [5.41, 5.74) is -0.361. The lowest BCUT2D eigenvalue weighted by Gasteiger charge is -2.37. The number of hydrogen-bond acceptors (Lipinski definition) is 4. The number of benzene rings is 2. The van der Waals surface area contributed by atoms with Crippen LogP contribution in [0, 0.1) is 17.6 Å². The minimum Gasteiger partial charge on any atom is -0.382 e. The lowest BCUT2D eigenvalue weighted by atomic mass is 9.88. The van der Waals surface area contributed by atoms with Crippen LogP contribution in [0.4, 0.5) is 8.78 Å². The highest BCUT2D eigenvalue weighted by Gasteiger charge is 2.41. The monoisotopic (exact) mass is 503 g/mol. The molecule has 0 amide bonds. The molecule has 2 atom stereocenters. The Morgan fingerprint density at radius 1 is 1.18 bits per heavy atom. The molecule has 4 rings (SSSR count). The van der Waals surface area contributed by atoms with Crippen LogP contribution < -0.4 is 0 Å². The molecule has 0 aliphatic heterocycles. The Morgan fingerprint density at radius 3 is 2.56 bits per heavy atom. The van der Waals surface area contributed by atoms with Crippen molar-refractivity contribution in [3.8, 4) is 0 Å². The summed E-state index contributed by atoms with van der Waals surface area (Å²) in [6, 6.07) is 11.1. The van der Waals surface area contributed by atoms with E-state index < -0.39 is 17.2 Å². The van der Waals surface area contributed by atoms with Gasteiger partial charge in [0.05, 0.1) is 6.54 Å². The first kappa shape index (κ1) is 24.9. The maximum Gasteiger partial charge on any atom is 0.137 e. The zero-order chi connectivity index (χ0) is 24.1. The van der Waals surface area contributed by atoms with Gasteiger partial charge in [-0.2, -0.15) is 16.9 Å². The van der Waals surface area contributed by atoms with Gasteiger partial charge in [-0.3, -0.25) is 0 Å². The van der Waals surface area contributed by atoms with Gasteiger partial charge in [0, 0.05) is 27.2 Å². The molecular formula is C26H28ClF2N3OS.